The van der Waals surface area contributed by atoms with Gasteiger partial charge in [-0.3, -0.25) is 14.5 Å². The van der Waals surface area contributed by atoms with E-state index in [2.05, 4.69) is 10.6 Å². The van der Waals surface area contributed by atoms with Crippen molar-refractivity contribution in [3.05, 3.63) is 58.1 Å². The predicted octanol–water partition coefficient (Wildman–Crippen LogP) is 4.16. The number of carbonyl (C=O) groups is 2. The van der Waals surface area contributed by atoms with Crippen molar-refractivity contribution in [1.82, 2.24) is 4.90 Å². The van der Waals surface area contributed by atoms with Gasteiger partial charge in [0.2, 0.25) is 11.8 Å². The third-order valence-corrected chi connectivity index (χ3v) is 4.55. The lowest BCUT2D eigenvalue weighted by molar-refractivity contribution is -0.119. The number of rotatable bonds is 7. The molecule has 0 spiro atoms. The van der Waals surface area contributed by atoms with Gasteiger partial charge in [-0.1, -0.05) is 41.4 Å². The highest BCUT2D eigenvalue weighted by Gasteiger charge is 2.12. The first-order chi connectivity index (χ1) is 12.8. The van der Waals surface area contributed by atoms with E-state index in [9.17, 15) is 9.59 Å². The van der Waals surface area contributed by atoms with Crippen LogP contribution in [0.25, 0.3) is 0 Å². The van der Waals surface area contributed by atoms with Crippen molar-refractivity contribution in [1.29, 1.82) is 0 Å². The molecule has 2 N–H and O–H groups in total. The molecule has 5 nitrogen and oxygen atoms in total. The van der Waals surface area contributed by atoms with Gasteiger partial charge in [-0.15, -0.1) is 0 Å². The van der Waals surface area contributed by atoms with E-state index in [1.165, 1.54) is 5.56 Å². The summed E-state index contributed by atoms with van der Waals surface area (Å²) in [6.07, 6.45) is 0.275. The summed E-state index contributed by atoms with van der Waals surface area (Å²) in [6, 6.07) is 11.2. The molecule has 0 aromatic heterocycles. The normalized spacial score (nSPS) is 10.7. The first-order valence-electron chi connectivity index (χ1n) is 8.87. The molecule has 0 heterocycles. The Balaban J connectivity index is 1.81. The molecule has 27 heavy (non-hydrogen) atoms. The molecule has 6 heteroatoms. The van der Waals surface area contributed by atoms with Crippen molar-refractivity contribution >= 4 is 34.8 Å². The fourth-order valence-corrected chi connectivity index (χ4v) is 3.13. The SMILES string of the molecule is Cc1cc(C)c(NC(=O)CN(C)CCC(=O)Nc2ccccc2Cl)c(C)c1. The van der Waals surface area contributed by atoms with Crippen molar-refractivity contribution < 1.29 is 9.59 Å². The number of likely N-dealkylation sites (N-methyl/N-ethyl adjacent to an activating group) is 1. The number of benzene rings is 2. The van der Waals surface area contributed by atoms with E-state index in [0.717, 1.165) is 16.8 Å². The van der Waals surface area contributed by atoms with Gasteiger partial charge in [0.15, 0.2) is 0 Å². The molecular weight excluding hydrogens is 362 g/mol. The van der Waals surface area contributed by atoms with Crippen molar-refractivity contribution in [3.8, 4) is 0 Å². The zero-order valence-corrected chi connectivity index (χ0v) is 17.0. The van der Waals surface area contributed by atoms with Gasteiger partial charge in [-0.2, -0.15) is 0 Å². The lowest BCUT2D eigenvalue weighted by atomic mass is 10.1. The largest absolute Gasteiger partial charge is 0.325 e. The van der Waals surface area contributed by atoms with Crippen molar-refractivity contribution in [3.63, 3.8) is 0 Å². The van der Waals surface area contributed by atoms with Crippen molar-refractivity contribution in [2.75, 3.05) is 30.8 Å². The highest BCUT2D eigenvalue weighted by atomic mass is 35.5. The van der Waals surface area contributed by atoms with Gasteiger partial charge < -0.3 is 10.6 Å². The number of anilines is 2. The third-order valence-electron chi connectivity index (χ3n) is 4.22. The molecule has 2 rings (SSSR count). The summed E-state index contributed by atoms with van der Waals surface area (Å²) in [6.45, 7) is 6.69. The van der Waals surface area contributed by atoms with Gasteiger partial charge >= 0.3 is 0 Å². The van der Waals surface area contributed by atoms with Gasteiger partial charge in [0.05, 0.1) is 17.3 Å². The van der Waals surface area contributed by atoms with Crippen LogP contribution in [0.5, 0.6) is 0 Å². The van der Waals surface area contributed by atoms with Crippen LogP contribution in [0.15, 0.2) is 36.4 Å². The third kappa shape index (κ3) is 6.38. The van der Waals surface area contributed by atoms with E-state index >= 15 is 0 Å². The van der Waals surface area contributed by atoms with Crippen LogP contribution < -0.4 is 10.6 Å². The molecule has 0 aliphatic carbocycles. The Bertz CT molecular complexity index is 813. The zero-order chi connectivity index (χ0) is 20.0. The first kappa shape index (κ1) is 20.9. The molecule has 0 fully saturated rings. The van der Waals surface area contributed by atoms with Gasteiger partial charge in [0, 0.05) is 18.7 Å². The topological polar surface area (TPSA) is 61.4 Å². The van der Waals surface area contributed by atoms with Gasteiger partial charge in [0.25, 0.3) is 0 Å². The number of aryl methyl sites for hydroxylation is 3. The summed E-state index contributed by atoms with van der Waals surface area (Å²) in [5.41, 5.74) is 4.71. The summed E-state index contributed by atoms with van der Waals surface area (Å²) in [5, 5.41) is 6.26. The van der Waals surface area contributed by atoms with Crippen LogP contribution in [-0.2, 0) is 9.59 Å². The van der Waals surface area contributed by atoms with Crippen molar-refractivity contribution in [2.45, 2.75) is 27.2 Å². The van der Waals surface area contributed by atoms with Gasteiger partial charge in [-0.05, 0) is 51.1 Å². The number of hydrogen-bond acceptors (Lipinski definition) is 3. The Morgan fingerprint density at radius 3 is 2.26 bits per heavy atom. The predicted molar refractivity (Wildman–Crippen MR) is 111 cm³/mol. The smallest absolute Gasteiger partial charge is 0.238 e. The fraction of sp³-hybridized carbons (Fsp3) is 0.333. The maximum atomic E-state index is 12.3. The Morgan fingerprint density at radius 2 is 1.63 bits per heavy atom. The van der Waals surface area contributed by atoms with Gasteiger partial charge in [0.1, 0.15) is 0 Å². The van der Waals surface area contributed by atoms with E-state index in [-0.39, 0.29) is 24.8 Å². The molecular formula is C21H26ClN3O2. The van der Waals surface area contributed by atoms with Crippen LogP contribution in [-0.4, -0.2) is 36.9 Å². The maximum Gasteiger partial charge on any atom is 0.238 e. The molecule has 0 aliphatic heterocycles. The molecule has 2 amide bonds. The number of carbonyl (C=O) groups excluding carboxylic acids is 2. The fourth-order valence-electron chi connectivity index (χ4n) is 2.95. The Kier molecular flexibility index (Phi) is 7.39. The van der Waals surface area contributed by atoms with Crippen LogP contribution in [0.2, 0.25) is 5.02 Å². The molecule has 0 saturated carbocycles. The summed E-state index contributed by atoms with van der Waals surface area (Å²) in [4.78, 5) is 26.2. The number of nitrogens with zero attached hydrogens (tertiary/aromatic N) is 1. The molecule has 2 aromatic rings. The quantitative estimate of drug-likeness (QED) is 0.749. The molecule has 0 saturated heterocycles. The van der Waals surface area contributed by atoms with E-state index < -0.39 is 0 Å². The van der Waals surface area contributed by atoms with Crippen LogP contribution >= 0.6 is 11.6 Å². The van der Waals surface area contributed by atoms with E-state index in [1.54, 1.807) is 12.1 Å². The summed E-state index contributed by atoms with van der Waals surface area (Å²) in [7, 11) is 1.82. The minimum absolute atomic E-state index is 0.0981. The van der Waals surface area contributed by atoms with Crippen LogP contribution in [0.4, 0.5) is 11.4 Å². The molecule has 0 radical (unpaired) electrons. The van der Waals surface area contributed by atoms with E-state index in [4.69, 9.17) is 11.6 Å². The second kappa shape index (κ2) is 9.53. The lowest BCUT2D eigenvalue weighted by Gasteiger charge is -2.18. The molecule has 0 atom stereocenters. The van der Waals surface area contributed by atoms with E-state index in [0.29, 0.717) is 17.3 Å². The van der Waals surface area contributed by atoms with Crippen molar-refractivity contribution in [2.24, 2.45) is 0 Å². The number of halogens is 1. The molecule has 144 valence electrons. The maximum absolute atomic E-state index is 12.3. The Morgan fingerprint density at radius 1 is 1.00 bits per heavy atom. The second-order valence-corrected chi connectivity index (χ2v) is 7.24. The van der Waals surface area contributed by atoms with Crippen LogP contribution in [0.3, 0.4) is 0 Å². The average molecular weight is 388 g/mol. The molecule has 0 aliphatic rings. The first-order valence-corrected chi connectivity index (χ1v) is 9.24. The highest BCUT2D eigenvalue weighted by molar-refractivity contribution is 6.33. The summed E-state index contributed by atoms with van der Waals surface area (Å²) < 4.78 is 0. The Hall–Kier alpha value is -2.37. The summed E-state index contributed by atoms with van der Waals surface area (Å²) >= 11 is 6.03. The van der Waals surface area contributed by atoms with Crippen LogP contribution in [0.1, 0.15) is 23.1 Å². The van der Waals surface area contributed by atoms with E-state index in [1.807, 2.05) is 57.0 Å². The van der Waals surface area contributed by atoms with Crippen LogP contribution in [0, 0.1) is 20.8 Å². The average Bonchev–Trinajstić information content (AvgIpc) is 2.58. The number of nitrogens with one attached hydrogen (secondary N) is 2. The number of para-hydroxylation sites is 1. The Labute approximate surface area is 165 Å². The molecule has 2 aromatic carbocycles. The zero-order valence-electron chi connectivity index (χ0n) is 16.2. The van der Waals surface area contributed by atoms with Gasteiger partial charge in [-0.25, -0.2) is 0 Å². The minimum atomic E-state index is -0.138. The standard InChI is InChI=1S/C21H26ClN3O2/c1-14-11-15(2)21(16(3)12-14)24-20(27)13-25(4)10-9-19(26)23-18-8-6-5-7-17(18)22/h5-8,11-12H,9-10,13H2,1-4H3,(H,23,26)(H,24,27). The summed E-state index contributed by atoms with van der Waals surface area (Å²) in [5.74, 6) is -0.236. The monoisotopic (exact) mass is 387 g/mol. The highest BCUT2D eigenvalue weighted by Crippen LogP contribution is 2.22. The molecule has 0 unspecified atom stereocenters. The number of amides is 2. The molecule has 0 bridgehead atoms. The second-order valence-electron chi connectivity index (χ2n) is 6.84. The number of hydrogen-bond donors (Lipinski definition) is 2. The minimum Gasteiger partial charge on any atom is -0.325 e. The lowest BCUT2D eigenvalue weighted by Crippen LogP contribution is -2.32.